The zero-order valence-electron chi connectivity index (χ0n) is 11.9. The highest BCUT2D eigenvalue weighted by molar-refractivity contribution is 7.14. The molecule has 1 atom stereocenters. The van der Waals surface area contributed by atoms with Gasteiger partial charge in [-0.1, -0.05) is 13.8 Å². The van der Waals surface area contributed by atoms with Crippen molar-refractivity contribution >= 4 is 22.4 Å². The number of aliphatic hydroxyl groups is 1. The second-order valence-corrected chi connectivity index (χ2v) is 6.01. The van der Waals surface area contributed by atoms with Gasteiger partial charge in [-0.3, -0.25) is 4.79 Å². The SMILES string of the molecule is CC(C)C(O)CC(=O)Nc1nc(-c2ccc(O)cc2)cs1. The fourth-order valence-electron chi connectivity index (χ4n) is 1.69. The maximum Gasteiger partial charge on any atom is 0.228 e. The maximum atomic E-state index is 11.8. The van der Waals surface area contributed by atoms with E-state index in [1.165, 1.54) is 11.3 Å². The Morgan fingerprint density at radius 2 is 2.00 bits per heavy atom. The van der Waals surface area contributed by atoms with Crippen LogP contribution in [0.25, 0.3) is 11.3 Å². The summed E-state index contributed by atoms with van der Waals surface area (Å²) in [4.78, 5) is 16.1. The van der Waals surface area contributed by atoms with Gasteiger partial charge in [0.1, 0.15) is 5.75 Å². The topological polar surface area (TPSA) is 82.5 Å². The fourth-order valence-corrected chi connectivity index (χ4v) is 2.43. The van der Waals surface area contributed by atoms with E-state index in [2.05, 4.69) is 10.3 Å². The molecule has 0 fully saturated rings. The van der Waals surface area contributed by atoms with E-state index in [1.807, 2.05) is 19.2 Å². The standard InChI is InChI=1S/C15H18N2O3S/c1-9(2)13(19)7-14(20)17-15-16-12(8-21-15)10-3-5-11(18)6-4-10/h3-6,8-9,13,18-19H,7H2,1-2H3,(H,16,17,20). The van der Waals surface area contributed by atoms with Gasteiger partial charge in [0.05, 0.1) is 18.2 Å². The minimum Gasteiger partial charge on any atom is -0.508 e. The number of amides is 1. The number of nitrogens with one attached hydrogen (secondary N) is 1. The largest absolute Gasteiger partial charge is 0.508 e. The summed E-state index contributed by atoms with van der Waals surface area (Å²) >= 11 is 1.33. The molecular formula is C15H18N2O3S. The molecule has 2 aromatic rings. The number of nitrogens with zero attached hydrogens (tertiary/aromatic N) is 1. The van der Waals surface area contributed by atoms with Crippen molar-refractivity contribution < 1.29 is 15.0 Å². The van der Waals surface area contributed by atoms with Crippen LogP contribution < -0.4 is 5.32 Å². The van der Waals surface area contributed by atoms with Crippen LogP contribution in [0.5, 0.6) is 5.75 Å². The van der Waals surface area contributed by atoms with E-state index in [0.29, 0.717) is 5.13 Å². The number of aromatic hydroxyl groups is 1. The molecule has 0 radical (unpaired) electrons. The highest BCUT2D eigenvalue weighted by atomic mass is 32.1. The fraction of sp³-hybridized carbons (Fsp3) is 0.333. The number of phenolic OH excluding ortho intramolecular Hbond substituents is 1. The van der Waals surface area contributed by atoms with E-state index in [0.717, 1.165) is 11.3 Å². The lowest BCUT2D eigenvalue weighted by Gasteiger charge is -2.12. The molecule has 6 heteroatoms. The van der Waals surface area contributed by atoms with Gasteiger partial charge in [-0.2, -0.15) is 0 Å². The molecule has 0 saturated heterocycles. The number of aliphatic hydroxyl groups excluding tert-OH is 1. The van der Waals surface area contributed by atoms with Crippen LogP contribution >= 0.6 is 11.3 Å². The van der Waals surface area contributed by atoms with E-state index in [4.69, 9.17) is 0 Å². The van der Waals surface area contributed by atoms with E-state index in [-0.39, 0.29) is 24.0 Å². The first kappa shape index (κ1) is 15.5. The molecule has 0 bridgehead atoms. The number of thiazole rings is 1. The second kappa shape index (κ2) is 6.69. The van der Waals surface area contributed by atoms with E-state index in [9.17, 15) is 15.0 Å². The van der Waals surface area contributed by atoms with Crippen LogP contribution in [0.3, 0.4) is 0 Å². The number of hydrogen-bond acceptors (Lipinski definition) is 5. The van der Waals surface area contributed by atoms with Crippen LogP contribution in [0.15, 0.2) is 29.6 Å². The molecule has 2 rings (SSSR count). The third-order valence-electron chi connectivity index (χ3n) is 3.08. The number of phenols is 1. The summed E-state index contributed by atoms with van der Waals surface area (Å²) in [6.45, 7) is 3.73. The summed E-state index contributed by atoms with van der Waals surface area (Å²) in [6.07, 6.45) is -0.590. The molecule has 1 aromatic carbocycles. The van der Waals surface area contributed by atoms with Crippen LogP contribution in [0.4, 0.5) is 5.13 Å². The summed E-state index contributed by atoms with van der Waals surface area (Å²) in [5.74, 6) is -0.00686. The van der Waals surface area contributed by atoms with Gasteiger partial charge < -0.3 is 15.5 Å². The number of anilines is 1. The monoisotopic (exact) mass is 306 g/mol. The van der Waals surface area contributed by atoms with E-state index < -0.39 is 6.10 Å². The predicted molar refractivity (Wildman–Crippen MR) is 83.3 cm³/mol. The molecule has 0 aliphatic carbocycles. The van der Waals surface area contributed by atoms with Crippen LogP contribution in [-0.2, 0) is 4.79 Å². The lowest BCUT2D eigenvalue weighted by Crippen LogP contribution is -2.23. The van der Waals surface area contributed by atoms with Crippen molar-refractivity contribution in [1.29, 1.82) is 0 Å². The minimum absolute atomic E-state index is 0.0413. The molecule has 0 aliphatic rings. The summed E-state index contributed by atoms with van der Waals surface area (Å²) in [5.41, 5.74) is 1.60. The average molecular weight is 306 g/mol. The van der Waals surface area contributed by atoms with Crippen molar-refractivity contribution in [2.24, 2.45) is 5.92 Å². The highest BCUT2D eigenvalue weighted by Crippen LogP contribution is 2.26. The van der Waals surface area contributed by atoms with Crippen molar-refractivity contribution in [3.05, 3.63) is 29.6 Å². The van der Waals surface area contributed by atoms with Gasteiger partial charge in [0.2, 0.25) is 5.91 Å². The van der Waals surface area contributed by atoms with E-state index in [1.54, 1.807) is 24.3 Å². The van der Waals surface area contributed by atoms with Crippen molar-refractivity contribution in [2.45, 2.75) is 26.4 Å². The first-order valence-electron chi connectivity index (χ1n) is 6.68. The molecule has 0 spiro atoms. The summed E-state index contributed by atoms with van der Waals surface area (Å²) < 4.78 is 0. The Labute approximate surface area is 127 Å². The van der Waals surface area contributed by atoms with Crippen molar-refractivity contribution in [1.82, 2.24) is 4.98 Å². The molecule has 1 heterocycles. The molecule has 112 valence electrons. The molecule has 0 aliphatic heterocycles. The molecule has 21 heavy (non-hydrogen) atoms. The van der Waals surface area contributed by atoms with Crippen molar-refractivity contribution in [3.63, 3.8) is 0 Å². The first-order chi connectivity index (χ1) is 9.95. The Morgan fingerprint density at radius 1 is 1.33 bits per heavy atom. The van der Waals surface area contributed by atoms with E-state index >= 15 is 0 Å². The third-order valence-corrected chi connectivity index (χ3v) is 3.84. The number of aromatic nitrogens is 1. The lowest BCUT2D eigenvalue weighted by atomic mass is 10.0. The molecule has 1 aromatic heterocycles. The minimum atomic E-state index is -0.651. The van der Waals surface area contributed by atoms with Gasteiger partial charge in [-0.05, 0) is 30.2 Å². The molecule has 0 saturated carbocycles. The average Bonchev–Trinajstić information content (AvgIpc) is 2.87. The van der Waals surface area contributed by atoms with Gasteiger partial charge in [0, 0.05) is 10.9 Å². The Hall–Kier alpha value is -1.92. The second-order valence-electron chi connectivity index (χ2n) is 5.15. The lowest BCUT2D eigenvalue weighted by molar-refractivity contribution is -0.118. The van der Waals surface area contributed by atoms with Crippen LogP contribution in [0, 0.1) is 5.92 Å². The predicted octanol–water partition coefficient (Wildman–Crippen LogP) is 2.86. The van der Waals surface area contributed by atoms with Crippen LogP contribution in [0.1, 0.15) is 20.3 Å². The van der Waals surface area contributed by atoms with Crippen LogP contribution in [0.2, 0.25) is 0 Å². The zero-order valence-corrected chi connectivity index (χ0v) is 12.7. The Balaban J connectivity index is 2.00. The summed E-state index contributed by atoms with van der Waals surface area (Å²) in [5, 5.41) is 24.0. The highest BCUT2D eigenvalue weighted by Gasteiger charge is 2.15. The van der Waals surface area contributed by atoms with Gasteiger partial charge >= 0.3 is 0 Å². The molecule has 1 amide bonds. The number of rotatable bonds is 5. The smallest absolute Gasteiger partial charge is 0.228 e. The molecule has 5 nitrogen and oxygen atoms in total. The van der Waals surface area contributed by atoms with Gasteiger partial charge in [-0.25, -0.2) is 4.98 Å². The molecule has 1 unspecified atom stereocenters. The molecule has 3 N–H and O–H groups in total. The number of hydrogen-bond donors (Lipinski definition) is 3. The Kier molecular flexibility index (Phi) is 4.93. The first-order valence-corrected chi connectivity index (χ1v) is 7.56. The summed E-state index contributed by atoms with van der Waals surface area (Å²) in [6, 6.07) is 6.70. The van der Waals surface area contributed by atoms with Gasteiger partial charge in [0.15, 0.2) is 5.13 Å². The van der Waals surface area contributed by atoms with Crippen LogP contribution in [-0.4, -0.2) is 27.2 Å². The quantitative estimate of drug-likeness (QED) is 0.793. The normalized spacial score (nSPS) is 12.4. The summed E-state index contributed by atoms with van der Waals surface area (Å²) in [7, 11) is 0. The maximum absolute atomic E-state index is 11.8. The van der Waals surface area contributed by atoms with Crippen molar-refractivity contribution in [3.8, 4) is 17.0 Å². The Bertz CT molecular complexity index is 608. The number of carbonyl (C=O) groups is 1. The Morgan fingerprint density at radius 3 is 2.62 bits per heavy atom. The number of carbonyl (C=O) groups excluding carboxylic acids is 1. The molecular weight excluding hydrogens is 288 g/mol. The van der Waals surface area contributed by atoms with Gasteiger partial charge in [-0.15, -0.1) is 11.3 Å². The van der Waals surface area contributed by atoms with Crippen molar-refractivity contribution in [2.75, 3.05) is 5.32 Å². The third kappa shape index (κ3) is 4.27. The number of benzene rings is 1. The van der Waals surface area contributed by atoms with Gasteiger partial charge in [0.25, 0.3) is 0 Å². The zero-order chi connectivity index (χ0) is 15.4.